The maximum Gasteiger partial charge on any atom is 0.344 e. The van der Waals surface area contributed by atoms with Gasteiger partial charge in [0.05, 0.1) is 30.9 Å². The number of nitrogens with zero attached hydrogens (tertiary/aromatic N) is 3. The summed E-state index contributed by atoms with van der Waals surface area (Å²) in [5.74, 6) is -0.458. The van der Waals surface area contributed by atoms with E-state index in [1.54, 1.807) is 29.2 Å². The van der Waals surface area contributed by atoms with Gasteiger partial charge >= 0.3 is 5.97 Å². The Morgan fingerprint density at radius 2 is 1.92 bits per heavy atom. The second kappa shape index (κ2) is 12.8. The lowest BCUT2D eigenvalue weighted by atomic mass is 10.1. The van der Waals surface area contributed by atoms with Crippen LogP contribution < -0.4 is 9.47 Å². The minimum absolute atomic E-state index is 0.0968. The van der Waals surface area contributed by atoms with Gasteiger partial charge in [0, 0.05) is 26.2 Å². The topological polar surface area (TPSA) is 101 Å². The normalized spacial score (nSPS) is 19.4. The lowest BCUT2D eigenvalue weighted by molar-refractivity contribution is -0.144. The number of carbonyl (C=O) groups is 2. The number of thioether (sulfide) groups is 1. The Balaban J connectivity index is 1.54. The second-order valence-corrected chi connectivity index (χ2v) is 9.62. The van der Waals surface area contributed by atoms with Crippen molar-refractivity contribution in [3.63, 3.8) is 0 Å². The number of ether oxygens (including phenoxy) is 3. The molecule has 0 unspecified atom stereocenters. The number of carbonyl (C=O) groups excluding carboxylic acids is 1. The van der Waals surface area contributed by atoms with Crippen molar-refractivity contribution in [2.45, 2.75) is 19.4 Å². The van der Waals surface area contributed by atoms with Crippen molar-refractivity contribution in [1.29, 1.82) is 0 Å². The average molecular weight is 526 g/mol. The van der Waals surface area contributed by atoms with Crippen LogP contribution in [0.1, 0.15) is 18.9 Å². The maximum atomic E-state index is 13.4. The van der Waals surface area contributed by atoms with Gasteiger partial charge in [-0.05, 0) is 61.0 Å². The molecule has 10 heteroatoms. The third-order valence-electron chi connectivity index (χ3n) is 5.97. The zero-order valence-corrected chi connectivity index (χ0v) is 21.8. The van der Waals surface area contributed by atoms with Crippen molar-refractivity contribution in [1.82, 2.24) is 9.80 Å². The number of morpholine rings is 1. The first-order valence-electron chi connectivity index (χ1n) is 12.2. The van der Waals surface area contributed by atoms with Crippen molar-refractivity contribution < 1.29 is 28.9 Å². The predicted molar refractivity (Wildman–Crippen MR) is 143 cm³/mol. The highest BCUT2D eigenvalue weighted by Crippen LogP contribution is 2.36. The van der Waals surface area contributed by atoms with Crippen LogP contribution in [0.25, 0.3) is 6.08 Å². The fraction of sp³-hybridized carbons (Fsp3) is 0.370. The molecule has 0 radical (unpaired) electrons. The minimum Gasteiger partial charge on any atom is -0.493 e. The molecule has 2 aromatic rings. The smallest absolute Gasteiger partial charge is 0.344 e. The van der Waals surface area contributed by atoms with Crippen LogP contribution >= 0.6 is 11.8 Å². The highest BCUT2D eigenvalue weighted by atomic mass is 32.2. The first kappa shape index (κ1) is 26.7. The number of amides is 1. The van der Waals surface area contributed by atoms with Crippen molar-refractivity contribution in [2.24, 2.45) is 4.99 Å². The summed E-state index contributed by atoms with van der Waals surface area (Å²) in [6.07, 6.45) is 1.60. The molecule has 2 aliphatic rings. The van der Waals surface area contributed by atoms with Gasteiger partial charge in [-0.2, -0.15) is 0 Å². The molecule has 1 atom stereocenters. The van der Waals surface area contributed by atoms with E-state index < -0.39 is 12.1 Å². The van der Waals surface area contributed by atoms with Crippen molar-refractivity contribution in [3.8, 4) is 11.5 Å². The average Bonchev–Trinajstić information content (AvgIpc) is 3.19. The Morgan fingerprint density at radius 1 is 1.16 bits per heavy atom. The number of para-hydroxylation sites is 1. The standard InChI is InChI=1S/C27H31N3O6S/c1-19(26(32)33)36-22-10-9-20(17-23(22)34-2)18-24-25(31)30(12-6-11-29-13-15-35-16-14-29)27(37-24)28-21-7-4-3-5-8-21/h3-5,7-10,17-19H,6,11-16H2,1-2H3,(H,32,33)/b24-18-,28-27?/t19-/m0/s1. The van der Waals surface area contributed by atoms with Crippen LogP contribution in [0.4, 0.5) is 5.69 Å². The molecule has 2 aromatic carbocycles. The Hall–Kier alpha value is -3.34. The lowest BCUT2D eigenvalue weighted by Gasteiger charge is -2.27. The number of benzene rings is 2. The molecule has 4 rings (SSSR count). The van der Waals surface area contributed by atoms with Gasteiger partial charge in [0.25, 0.3) is 5.91 Å². The van der Waals surface area contributed by atoms with E-state index in [0.717, 1.165) is 50.5 Å². The summed E-state index contributed by atoms with van der Waals surface area (Å²) in [4.78, 5) is 34.0. The highest BCUT2D eigenvalue weighted by molar-refractivity contribution is 8.18. The van der Waals surface area contributed by atoms with E-state index in [1.165, 1.54) is 25.8 Å². The van der Waals surface area contributed by atoms with Gasteiger partial charge in [-0.1, -0.05) is 24.3 Å². The Morgan fingerprint density at radius 3 is 2.62 bits per heavy atom. The van der Waals surface area contributed by atoms with Gasteiger partial charge in [-0.3, -0.25) is 14.6 Å². The Kier molecular flexibility index (Phi) is 9.21. The van der Waals surface area contributed by atoms with Gasteiger partial charge < -0.3 is 19.3 Å². The Bertz CT molecular complexity index is 1160. The molecule has 1 amide bonds. The van der Waals surface area contributed by atoms with Gasteiger partial charge in [-0.25, -0.2) is 9.79 Å². The van der Waals surface area contributed by atoms with Gasteiger partial charge in [0.1, 0.15) is 0 Å². The molecule has 9 nitrogen and oxygen atoms in total. The number of aliphatic imine (C=N–C) groups is 1. The van der Waals surface area contributed by atoms with Crippen LogP contribution in [-0.4, -0.2) is 84.6 Å². The highest BCUT2D eigenvalue weighted by Gasteiger charge is 2.33. The van der Waals surface area contributed by atoms with E-state index in [0.29, 0.717) is 28.1 Å². The van der Waals surface area contributed by atoms with Gasteiger partial charge in [-0.15, -0.1) is 0 Å². The zero-order valence-electron chi connectivity index (χ0n) is 21.0. The number of carboxylic acids is 1. The first-order chi connectivity index (χ1) is 17.9. The van der Waals surface area contributed by atoms with Crippen molar-refractivity contribution >= 4 is 40.6 Å². The quantitative estimate of drug-likeness (QED) is 0.467. The molecule has 1 N–H and O–H groups in total. The second-order valence-electron chi connectivity index (χ2n) is 8.61. The van der Waals surface area contributed by atoms with E-state index in [2.05, 4.69) is 4.90 Å². The van der Waals surface area contributed by atoms with Crippen LogP contribution in [0.15, 0.2) is 58.4 Å². The van der Waals surface area contributed by atoms with Crippen LogP contribution in [0.3, 0.4) is 0 Å². The van der Waals surface area contributed by atoms with E-state index in [4.69, 9.17) is 24.3 Å². The lowest BCUT2D eigenvalue weighted by Crippen LogP contribution is -2.38. The molecule has 2 heterocycles. The summed E-state index contributed by atoms with van der Waals surface area (Å²) < 4.78 is 16.3. The molecule has 2 saturated heterocycles. The van der Waals surface area contributed by atoms with Gasteiger partial charge in [0.2, 0.25) is 0 Å². The fourth-order valence-corrected chi connectivity index (χ4v) is 4.97. The third kappa shape index (κ3) is 7.12. The number of carboxylic acid groups (broad SMARTS) is 1. The molecule has 196 valence electrons. The van der Waals surface area contributed by atoms with E-state index in [1.807, 2.05) is 30.3 Å². The largest absolute Gasteiger partial charge is 0.493 e. The number of hydrogen-bond donors (Lipinski definition) is 1. The predicted octanol–water partition coefficient (Wildman–Crippen LogP) is 3.87. The number of amidine groups is 1. The van der Waals surface area contributed by atoms with Crippen molar-refractivity contribution in [2.75, 3.05) is 46.5 Å². The Labute approximate surface area is 220 Å². The minimum atomic E-state index is -1.07. The zero-order chi connectivity index (χ0) is 26.2. The molecular weight excluding hydrogens is 494 g/mol. The summed E-state index contributed by atoms with van der Waals surface area (Å²) in [6, 6.07) is 14.7. The number of rotatable bonds is 10. The number of hydrogen-bond acceptors (Lipinski definition) is 8. The molecule has 0 spiro atoms. The van der Waals surface area contributed by atoms with E-state index in [9.17, 15) is 9.59 Å². The van der Waals surface area contributed by atoms with Crippen LogP contribution in [0.5, 0.6) is 11.5 Å². The SMILES string of the molecule is COc1cc(/C=C2\SC(=Nc3ccccc3)N(CCCN3CCOCC3)C2=O)ccc1O[C@@H](C)C(=O)O. The van der Waals surface area contributed by atoms with Crippen LogP contribution in [-0.2, 0) is 14.3 Å². The van der Waals surface area contributed by atoms with E-state index >= 15 is 0 Å². The molecule has 0 aromatic heterocycles. The first-order valence-corrected chi connectivity index (χ1v) is 13.0. The molecule has 2 fully saturated rings. The van der Waals surface area contributed by atoms with Crippen LogP contribution in [0.2, 0.25) is 0 Å². The van der Waals surface area contributed by atoms with Crippen molar-refractivity contribution in [3.05, 3.63) is 59.0 Å². The van der Waals surface area contributed by atoms with Crippen LogP contribution in [0, 0.1) is 0 Å². The summed E-state index contributed by atoms with van der Waals surface area (Å²) in [5, 5.41) is 9.78. The number of methoxy groups -OCH3 is 1. The third-order valence-corrected chi connectivity index (χ3v) is 6.97. The molecule has 2 aliphatic heterocycles. The molecule has 0 saturated carbocycles. The summed E-state index contributed by atoms with van der Waals surface area (Å²) >= 11 is 1.34. The summed E-state index contributed by atoms with van der Waals surface area (Å²) in [5.41, 5.74) is 1.52. The number of aliphatic carboxylic acids is 1. The molecule has 37 heavy (non-hydrogen) atoms. The summed E-state index contributed by atoms with van der Waals surface area (Å²) in [7, 11) is 1.49. The molecule has 0 bridgehead atoms. The summed E-state index contributed by atoms with van der Waals surface area (Å²) in [6.45, 7) is 6.21. The fourth-order valence-electron chi connectivity index (χ4n) is 3.94. The monoisotopic (exact) mass is 525 g/mol. The molecule has 0 aliphatic carbocycles. The maximum absolute atomic E-state index is 13.4. The van der Waals surface area contributed by atoms with E-state index in [-0.39, 0.29) is 5.91 Å². The van der Waals surface area contributed by atoms with Gasteiger partial charge in [0.15, 0.2) is 22.8 Å². The molecular formula is C27H31N3O6S.